The summed E-state index contributed by atoms with van der Waals surface area (Å²) >= 11 is 0. The first-order valence-electron chi connectivity index (χ1n) is 9.24. The Morgan fingerprint density at radius 3 is 2.73 bits per heavy atom. The predicted molar refractivity (Wildman–Crippen MR) is 97.1 cm³/mol. The van der Waals surface area contributed by atoms with Crippen LogP contribution in [0, 0.1) is 12.8 Å². The van der Waals surface area contributed by atoms with Crippen LogP contribution in [0.25, 0.3) is 0 Å². The molecule has 3 heterocycles. The molecule has 2 aromatic rings. The van der Waals surface area contributed by atoms with Crippen LogP contribution in [0.3, 0.4) is 0 Å². The average molecular weight is 360 g/mol. The Kier molecular flexibility index (Phi) is 5.46. The lowest BCUT2D eigenvalue weighted by molar-refractivity contribution is 0.0665. The summed E-state index contributed by atoms with van der Waals surface area (Å²) in [4.78, 5) is 15.0. The Morgan fingerprint density at radius 1 is 1.38 bits per heavy atom. The van der Waals surface area contributed by atoms with Crippen LogP contribution in [0.15, 0.2) is 16.7 Å². The van der Waals surface area contributed by atoms with Crippen molar-refractivity contribution < 1.29 is 14.1 Å². The van der Waals surface area contributed by atoms with Gasteiger partial charge in [-0.15, -0.1) is 0 Å². The van der Waals surface area contributed by atoms with E-state index in [-0.39, 0.29) is 17.9 Å². The molecule has 7 heteroatoms. The lowest BCUT2D eigenvalue weighted by Crippen LogP contribution is -2.31. The molecule has 0 N–H and O–H groups in total. The van der Waals surface area contributed by atoms with E-state index < -0.39 is 0 Å². The van der Waals surface area contributed by atoms with Gasteiger partial charge in [0, 0.05) is 45.1 Å². The maximum absolute atomic E-state index is 13.1. The number of aromatic nitrogens is 3. The van der Waals surface area contributed by atoms with Crippen LogP contribution in [0.5, 0.6) is 0 Å². The molecule has 0 bridgehead atoms. The smallest absolute Gasteiger partial charge is 0.272 e. The fourth-order valence-corrected chi connectivity index (χ4v) is 3.54. The Labute approximate surface area is 154 Å². The van der Waals surface area contributed by atoms with Gasteiger partial charge in [-0.2, -0.15) is 5.10 Å². The summed E-state index contributed by atoms with van der Waals surface area (Å²) in [5.74, 6) is 1.34. The Balaban J connectivity index is 1.76. The third-order valence-electron chi connectivity index (χ3n) is 5.02. The predicted octanol–water partition coefficient (Wildman–Crippen LogP) is 2.65. The first-order chi connectivity index (χ1) is 12.4. The molecule has 1 saturated heterocycles. The molecule has 2 aromatic heterocycles. The van der Waals surface area contributed by atoms with Crippen LogP contribution in [-0.4, -0.2) is 52.0 Å². The molecular weight excluding hydrogens is 332 g/mol. The van der Waals surface area contributed by atoms with E-state index in [2.05, 4.69) is 24.1 Å². The molecule has 7 nitrogen and oxygen atoms in total. The van der Waals surface area contributed by atoms with Crippen molar-refractivity contribution in [1.82, 2.24) is 19.8 Å². The van der Waals surface area contributed by atoms with Crippen LogP contribution < -0.4 is 0 Å². The number of carbonyl (C=O) groups excluding carboxylic acids is 1. The summed E-state index contributed by atoms with van der Waals surface area (Å²) in [7, 11) is 1.70. The number of amides is 1. The quantitative estimate of drug-likeness (QED) is 0.792. The van der Waals surface area contributed by atoms with E-state index in [1.807, 2.05) is 30.9 Å². The Bertz CT molecular complexity index is 765. The van der Waals surface area contributed by atoms with Gasteiger partial charge in [-0.25, -0.2) is 0 Å². The third kappa shape index (κ3) is 3.67. The van der Waals surface area contributed by atoms with Crippen molar-refractivity contribution in [1.29, 1.82) is 0 Å². The number of likely N-dealkylation sites (tertiary alicyclic amines) is 1. The minimum Gasteiger partial charge on any atom is -0.379 e. The minimum absolute atomic E-state index is 0.00748. The van der Waals surface area contributed by atoms with E-state index in [9.17, 15) is 4.79 Å². The lowest BCUT2D eigenvalue weighted by Gasteiger charge is -2.16. The summed E-state index contributed by atoms with van der Waals surface area (Å²) in [6.07, 6.45) is 0.708. The molecule has 0 aliphatic carbocycles. The largest absolute Gasteiger partial charge is 0.379 e. The number of ether oxygens (including phenoxy) is 1. The fraction of sp³-hybridized carbons (Fsp3) is 0.632. The van der Waals surface area contributed by atoms with Crippen molar-refractivity contribution >= 4 is 5.91 Å². The molecule has 1 aliphatic rings. The number of hydrogen-bond acceptors (Lipinski definition) is 5. The van der Waals surface area contributed by atoms with Crippen molar-refractivity contribution in [3.8, 4) is 0 Å². The number of methoxy groups -OCH3 is 1. The zero-order valence-electron chi connectivity index (χ0n) is 16.2. The van der Waals surface area contributed by atoms with Crippen molar-refractivity contribution in [3.63, 3.8) is 0 Å². The summed E-state index contributed by atoms with van der Waals surface area (Å²) in [5.41, 5.74) is 2.47. The lowest BCUT2D eigenvalue weighted by atomic mass is 10.0. The molecule has 1 aliphatic heterocycles. The molecule has 142 valence electrons. The second kappa shape index (κ2) is 7.61. The maximum atomic E-state index is 13.1. The monoisotopic (exact) mass is 360 g/mol. The van der Waals surface area contributed by atoms with Gasteiger partial charge in [0.25, 0.3) is 5.91 Å². The summed E-state index contributed by atoms with van der Waals surface area (Å²) in [5, 5.41) is 8.51. The first-order valence-corrected chi connectivity index (χ1v) is 9.24. The molecular formula is C19H28N4O3. The van der Waals surface area contributed by atoms with Gasteiger partial charge < -0.3 is 14.2 Å². The highest BCUT2D eigenvalue weighted by molar-refractivity contribution is 5.93. The van der Waals surface area contributed by atoms with Crippen molar-refractivity contribution in [3.05, 3.63) is 35.0 Å². The number of rotatable bonds is 6. The highest BCUT2D eigenvalue weighted by atomic mass is 16.5. The second-order valence-corrected chi connectivity index (χ2v) is 7.31. The second-order valence-electron chi connectivity index (χ2n) is 7.31. The zero-order chi connectivity index (χ0) is 18.8. The Hall–Kier alpha value is -2.15. The van der Waals surface area contributed by atoms with Crippen molar-refractivity contribution in [2.75, 3.05) is 20.2 Å². The molecule has 2 atom stereocenters. The summed E-state index contributed by atoms with van der Waals surface area (Å²) < 4.78 is 12.8. The van der Waals surface area contributed by atoms with Gasteiger partial charge >= 0.3 is 0 Å². The number of hydrogen-bond donors (Lipinski definition) is 0. The van der Waals surface area contributed by atoms with Gasteiger partial charge in [0.1, 0.15) is 11.5 Å². The summed E-state index contributed by atoms with van der Waals surface area (Å²) in [6.45, 7) is 9.98. The minimum atomic E-state index is -0.00748. The van der Waals surface area contributed by atoms with Gasteiger partial charge in [0.2, 0.25) is 0 Å². The number of carbonyl (C=O) groups is 1. The van der Waals surface area contributed by atoms with Crippen LogP contribution in [0.1, 0.15) is 54.3 Å². The van der Waals surface area contributed by atoms with Crippen LogP contribution in [0.2, 0.25) is 0 Å². The summed E-state index contributed by atoms with van der Waals surface area (Å²) in [6, 6.07) is 3.86. The fourth-order valence-electron chi connectivity index (χ4n) is 3.54. The first kappa shape index (κ1) is 18.6. The van der Waals surface area contributed by atoms with Crippen LogP contribution >= 0.6 is 0 Å². The van der Waals surface area contributed by atoms with Crippen molar-refractivity contribution in [2.24, 2.45) is 5.92 Å². The van der Waals surface area contributed by atoms with Crippen molar-refractivity contribution in [2.45, 2.75) is 52.7 Å². The van der Waals surface area contributed by atoms with Crippen LogP contribution in [-0.2, 0) is 17.7 Å². The van der Waals surface area contributed by atoms with Gasteiger partial charge in [-0.3, -0.25) is 9.48 Å². The molecule has 0 unspecified atom stereocenters. The molecule has 0 radical (unpaired) electrons. The molecule has 1 fully saturated rings. The maximum Gasteiger partial charge on any atom is 0.272 e. The molecule has 3 rings (SSSR count). The van der Waals surface area contributed by atoms with Gasteiger partial charge in [-0.05, 0) is 25.8 Å². The van der Waals surface area contributed by atoms with E-state index in [1.54, 1.807) is 11.8 Å². The number of aryl methyl sites for hydroxylation is 2. The molecule has 1 amide bonds. The van der Waals surface area contributed by atoms with Gasteiger partial charge in [0.15, 0.2) is 0 Å². The van der Waals surface area contributed by atoms with E-state index in [0.717, 1.165) is 17.1 Å². The van der Waals surface area contributed by atoms with E-state index >= 15 is 0 Å². The average Bonchev–Trinajstić information content (AvgIpc) is 3.32. The normalized spacial score (nSPS) is 20.3. The van der Waals surface area contributed by atoms with Gasteiger partial charge in [-0.1, -0.05) is 19.0 Å². The van der Waals surface area contributed by atoms with Crippen LogP contribution in [0.4, 0.5) is 0 Å². The standard InChI is InChI=1S/C19H28N4O3/c1-6-23-17(9-16(20-23)12(2)3)19(24)22-10-14(18(11-22)25-5)8-15-7-13(4)21-26-15/h7,9,12,14,18H,6,8,10-11H2,1-5H3/t14-,18+/m1/s1. The number of nitrogens with zero attached hydrogens (tertiary/aromatic N) is 4. The van der Waals surface area contributed by atoms with Gasteiger partial charge in [0.05, 0.1) is 17.5 Å². The Morgan fingerprint density at radius 2 is 2.15 bits per heavy atom. The van der Waals surface area contributed by atoms with E-state index in [4.69, 9.17) is 9.26 Å². The molecule has 0 saturated carbocycles. The highest BCUT2D eigenvalue weighted by Gasteiger charge is 2.37. The SMILES string of the molecule is CCn1nc(C(C)C)cc1C(=O)N1C[C@@H](Cc2cc(C)no2)[C@@H](OC)C1. The topological polar surface area (TPSA) is 73.4 Å². The third-order valence-corrected chi connectivity index (χ3v) is 5.02. The zero-order valence-corrected chi connectivity index (χ0v) is 16.2. The molecule has 0 spiro atoms. The van der Waals surface area contributed by atoms with E-state index in [1.165, 1.54) is 0 Å². The van der Waals surface area contributed by atoms with E-state index in [0.29, 0.717) is 37.7 Å². The molecule has 26 heavy (non-hydrogen) atoms. The molecule has 0 aromatic carbocycles. The highest BCUT2D eigenvalue weighted by Crippen LogP contribution is 2.26.